The Bertz CT molecular complexity index is 948. The smallest absolute Gasteiger partial charge is 0.245 e. The molecule has 4 rings (SSSR count). The molecule has 1 aliphatic heterocycles. The van der Waals surface area contributed by atoms with Crippen LogP contribution in [0.25, 0.3) is 10.9 Å². The molecule has 5 heteroatoms. The number of H-pyrrole nitrogens is 1. The molecule has 1 saturated heterocycles. The first kappa shape index (κ1) is 16.4. The van der Waals surface area contributed by atoms with Crippen LogP contribution in [0.3, 0.4) is 0 Å². The second-order valence-electron chi connectivity index (χ2n) is 6.78. The SMILES string of the molecule is CN1C(=O)[C@H](Cc2c[nH]c3ccccc23)NC(=O)[C@@H]1Cc1ccccc1. The van der Waals surface area contributed by atoms with E-state index < -0.39 is 12.1 Å². The third-order valence-electron chi connectivity index (χ3n) is 5.10. The van der Waals surface area contributed by atoms with Gasteiger partial charge in [-0.2, -0.15) is 0 Å². The summed E-state index contributed by atoms with van der Waals surface area (Å²) < 4.78 is 0. The highest BCUT2D eigenvalue weighted by Gasteiger charge is 2.38. The van der Waals surface area contributed by atoms with Crippen molar-refractivity contribution < 1.29 is 9.59 Å². The molecule has 2 atom stereocenters. The average molecular weight is 347 g/mol. The van der Waals surface area contributed by atoms with Crippen molar-refractivity contribution in [3.8, 4) is 0 Å². The lowest BCUT2D eigenvalue weighted by molar-refractivity contribution is -0.147. The van der Waals surface area contributed by atoms with E-state index in [0.29, 0.717) is 12.8 Å². The number of aromatic amines is 1. The fourth-order valence-electron chi connectivity index (χ4n) is 3.63. The maximum Gasteiger partial charge on any atom is 0.245 e. The van der Waals surface area contributed by atoms with Crippen molar-refractivity contribution in [2.24, 2.45) is 0 Å². The number of carbonyl (C=O) groups is 2. The van der Waals surface area contributed by atoms with Crippen LogP contribution >= 0.6 is 0 Å². The molecule has 1 aliphatic rings. The number of rotatable bonds is 4. The monoisotopic (exact) mass is 347 g/mol. The molecule has 2 N–H and O–H groups in total. The topological polar surface area (TPSA) is 65.2 Å². The Morgan fingerprint density at radius 1 is 0.962 bits per heavy atom. The molecule has 0 saturated carbocycles. The summed E-state index contributed by atoms with van der Waals surface area (Å²) in [6.07, 6.45) is 2.92. The van der Waals surface area contributed by atoms with Crippen LogP contribution in [0.4, 0.5) is 0 Å². The van der Waals surface area contributed by atoms with Gasteiger partial charge in [0.05, 0.1) is 0 Å². The number of aromatic nitrogens is 1. The molecule has 2 aromatic carbocycles. The van der Waals surface area contributed by atoms with E-state index in [9.17, 15) is 9.59 Å². The summed E-state index contributed by atoms with van der Waals surface area (Å²) in [5, 5.41) is 4.01. The number of amides is 2. The van der Waals surface area contributed by atoms with Crippen molar-refractivity contribution in [1.29, 1.82) is 0 Å². The van der Waals surface area contributed by atoms with E-state index in [1.165, 1.54) is 0 Å². The number of para-hydroxylation sites is 1. The van der Waals surface area contributed by atoms with E-state index in [1.807, 2.05) is 60.8 Å². The molecule has 1 aromatic heterocycles. The van der Waals surface area contributed by atoms with Crippen molar-refractivity contribution in [3.05, 3.63) is 71.9 Å². The second kappa shape index (κ2) is 6.67. The van der Waals surface area contributed by atoms with Gasteiger partial charge in [-0.1, -0.05) is 48.5 Å². The van der Waals surface area contributed by atoms with Gasteiger partial charge < -0.3 is 15.2 Å². The van der Waals surface area contributed by atoms with Crippen LogP contribution in [-0.2, 0) is 22.4 Å². The first-order chi connectivity index (χ1) is 12.6. The lowest BCUT2D eigenvalue weighted by atomic mass is 9.97. The van der Waals surface area contributed by atoms with Gasteiger partial charge in [0.2, 0.25) is 11.8 Å². The van der Waals surface area contributed by atoms with Crippen molar-refractivity contribution in [1.82, 2.24) is 15.2 Å². The third kappa shape index (κ3) is 2.96. The second-order valence-corrected chi connectivity index (χ2v) is 6.78. The summed E-state index contributed by atoms with van der Waals surface area (Å²) in [5.41, 5.74) is 3.11. The normalized spacial score (nSPS) is 20.4. The standard InChI is InChI=1S/C21H21N3O2/c1-24-19(11-14-7-3-2-4-8-14)20(25)23-18(21(24)26)12-15-13-22-17-10-6-5-9-16(15)17/h2-10,13,18-19,22H,11-12H2,1H3,(H,23,25)/t18-,19-/m0/s1. The molecule has 0 aliphatic carbocycles. The lowest BCUT2D eigenvalue weighted by Gasteiger charge is -2.36. The fraction of sp³-hybridized carbons (Fsp3) is 0.238. The fourth-order valence-corrected chi connectivity index (χ4v) is 3.63. The Hall–Kier alpha value is -3.08. The molecule has 0 unspecified atom stereocenters. The summed E-state index contributed by atoms with van der Waals surface area (Å²) in [7, 11) is 1.72. The highest BCUT2D eigenvalue weighted by Crippen LogP contribution is 2.21. The van der Waals surface area contributed by atoms with Crippen LogP contribution in [0.15, 0.2) is 60.8 Å². The molecule has 0 radical (unpaired) electrons. The number of carbonyl (C=O) groups excluding carboxylic acids is 2. The minimum absolute atomic E-state index is 0.0455. The van der Waals surface area contributed by atoms with Crippen molar-refractivity contribution in [2.75, 3.05) is 7.05 Å². The summed E-state index contributed by atoms with van der Waals surface area (Å²) in [6.45, 7) is 0. The Morgan fingerprint density at radius 2 is 1.69 bits per heavy atom. The van der Waals surface area contributed by atoms with Crippen LogP contribution in [0, 0.1) is 0 Å². The molecule has 2 heterocycles. The third-order valence-corrected chi connectivity index (χ3v) is 5.10. The highest BCUT2D eigenvalue weighted by molar-refractivity contribution is 5.97. The van der Waals surface area contributed by atoms with Crippen LogP contribution in [0.5, 0.6) is 0 Å². The number of nitrogens with zero attached hydrogens (tertiary/aromatic N) is 1. The van der Waals surface area contributed by atoms with E-state index in [2.05, 4.69) is 10.3 Å². The van der Waals surface area contributed by atoms with Crippen molar-refractivity contribution in [2.45, 2.75) is 24.9 Å². The number of nitrogens with one attached hydrogen (secondary N) is 2. The maximum atomic E-state index is 12.8. The number of fused-ring (bicyclic) bond motifs is 1. The van der Waals surface area contributed by atoms with Gasteiger partial charge in [-0.15, -0.1) is 0 Å². The van der Waals surface area contributed by atoms with E-state index in [1.54, 1.807) is 11.9 Å². The minimum Gasteiger partial charge on any atom is -0.361 e. The van der Waals surface area contributed by atoms with Crippen LogP contribution in [-0.4, -0.2) is 40.8 Å². The number of benzene rings is 2. The van der Waals surface area contributed by atoms with Crippen LogP contribution in [0.1, 0.15) is 11.1 Å². The first-order valence-corrected chi connectivity index (χ1v) is 8.79. The van der Waals surface area contributed by atoms with Gasteiger partial charge in [0.15, 0.2) is 0 Å². The predicted molar refractivity (Wildman–Crippen MR) is 101 cm³/mol. The minimum atomic E-state index is -0.529. The number of piperazine rings is 1. The number of hydrogen-bond acceptors (Lipinski definition) is 2. The zero-order valence-corrected chi connectivity index (χ0v) is 14.6. The molecule has 3 aromatic rings. The molecule has 132 valence electrons. The predicted octanol–water partition coefficient (Wildman–Crippen LogP) is 2.28. The van der Waals surface area contributed by atoms with Gasteiger partial charge in [-0.25, -0.2) is 0 Å². The van der Waals surface area contributed by atoms with Gasteiger partial charge in [-0.05, 0) is 17.2 Å². The lowest BCUT2D eigenvalue weighted by Crippen LogP contribution is -2.63. The molecule has 0 bridgehead atoms. The van der Waals surface area contributed by atoms with Crippen LogP contribution < -0.4 is 5.32 Å². The Morgan fingerprint density at radius 3 is 2.50 bits per heavy atom. The van der Waals surface area contributed by atoms with E-state index in [-0.39, 0.29) is 11.8 Å². The molecular formula is C21H21N3O2. The van der Waals surface area contributed by atoms with Gasteiger partial charge in [-0.3, -0.25) is 9.59 Å². The first-order valence-electron chi connectivity index (χ1n) is 8.79. The largest absolute Gasteiger partial charge is 0.361 e. The molecule has 26 heavy (non-hydrogen) atoms. The highest BCUT2D eigenvalue weighted by atomic mass is 16.2. The Kier molecular flexibility index (Phi) is 4.21. The Labute approximate surface area is 152 Å². The summed E-state index contributed by atoms with van der Waals surface area (Å²) >= 11 is 0. The van der Waals surface area contributed by atoms with Gasteiger partial charge in [0.1, 0.15) is 12.1 Å². The molecule has 1 fully saturated rings. The van der Waals surface area contributed by atoms with E-state index in [0.717, 1.165) is 22.0 Å². The summed E-state index contributed by atoms with van der Waals surface area (Å²) in [5.74, 6) is -0.142. The number of hydrogen-bond donors (Lipinski definition) is 2. The van der Waals surface area contributed by atoms with Gasteiger partial charge in [0.25, 0.3) is 0 Å². The maximum absolute atomic E-state index is 12.8. The quantitative estimate of drug-likeness (QED) is 0.760. The van der Waals surface area contributed by atoms with Gasteiger partial charge in [0, 0.05) is 37.0 Å². The molecular weight excluding hydrogens is 326 g/mol. The van der Waals surface area contributed by atoms with Crippen molar-refractivity contribution >= 4 is 22.7 Å². The number of likely N-dealkylation sites (N-methyl/N-ethyl adjacent to an activating group) is 1. The van der Waals surface area contributed by atoms with Gasteiger partial charge >= 0.3 is 0 Å². The Balaban J connectivity index is 1.52. The zero-order chi connectivity index (χ0) is 18.1. The summed E-state index contributed by atoms with van der Waals surface area (Å²) in [6, 6.07) is 16.8. The average Bonchev–Trinajstić information content (AvgIpc) is 3.07. The zero-order valence-electron chi connectivity index (χ0n) is 14.6. The molecule has 5 nitrogen and oxygen atoms in total. The van der Waals surface area contributed by atoms with Crippen LogP contribution in [0.2, 0.25) is 0 Å². The summed E-state index contributed by atoms with van der Waals surface area (Å²) in [4.78, 5) is 30.3. The molecule has 2 amide bonds. The van der Waals surface area contributed by atoms with E-state index in [4.69, 9.17) is 0 Å². The van der Waals surface area contributed by atoms with Crippen molar-refractivity contribution in [3.63, 3.8) is 0 Å². The molecule has 0 spiro atoms. The van der Waals surface area contributed by atoms with E-state index >= 15 is 0 Å².